The van der Waals surface area contributed by atoms with Crippen molar-refractivity contribution in [1.29, 1.82) is 0 Å². The number of fused-ring (bicyclic) bond motifs is 1. The minimum absolute atomic E-state index is 0.226. The topological polar surface area (TPSA) is 39.2 Å². The van der Waals surface area contributed by atoms with Crippen molar-refractivity contribution in [3.05, 3.63) is 51.5 Å². The van der Waals surface area contributed by atoms with Crippen LogP contribution in [-0.2, 0) is 28.8 Å². The van der Waals surface area contributed by atoms with Gasteiger partial charge in [-0.25, -0.2) is 4.98 Å². The fourth-order valence-electron chi connectivity index (χ4n) is 2.72. The van der Waals surface area contributed by atoms with Crippen molar-refractivity contribution in [2.24, 2.45) is 0 Å². The molecule has 1 aromatic heterocycles. The minimum atomic E-state index is -0.226. The molecule has 0 amide bonds. The molecule has 0 radical (unpaired) electrons. The Labute approximate surface area is 122 Å². The molecule has 0 aliphatic heterocycles. The van der Waals surface area contributed by atoms with Gasteiger partial charge in [-0.1, -0.05) is 24.3 Å². The molecule has 4 heteroatoms. The Bertz CT molecular complexity index is 620. The van der Waals surface area contributed by atoms with E-state index in [9.17, 15) is 4.79 Å². The molecule has 0 saturated carbocycles. The summed E-state index contributed by atoms with van der Waals surface area (Å²) in [5, 5.41) is 3.13. The number of thiazole rings is 1. The monoisotopic (exact) mass is 287 g/mol. The molecule has 1 unspecified atom stereocenters. The van der Waals surface area contributed by atoms with Crippen molar-refractivity contribution >= 4 is 17.3 Å². The van der Waals surface area contributed by atoms with Crippen LogP contribution in [0.1, 0.15) is 34.2 Å². The van der Waals surface area contributed by atoms with Crippen molar-refractivity contribution in [2.75, 3.05) is 7.11 Å². The molecular formula is C16H17NO2S. The number of ether oxygens (including phenoxy) is 1. The molecule has 20 heavy (non-hydrogen) atoms. The Morgan fingerprint density at radius 2 is 2.20 bits per heavy atom. The predicted octanol–water partition coefficient (Wildman–Crippen LogP) is 3.13. The Morgan fingerprint density at radius 1 is 1.40 bits per heavy atom. The van der Waals surface area contributed by atoms with Gasteiger partial charge in [-0.3, -0.25) is 4.79 Å². The van der Waals surface area contributed by atoms with Gasteiger partial charge in [-0.2, -0.15) is 0 Å². The number of nitrogens with zero attached hydrogens (tertiary/aromatic N) is 1. The first-order valence-corrected chi connectivity index (χ1v) is 7.72. The summed E-state index contributed by atoms with van der Waals surface area (Å²) < 4.78 is 4.68. The van der Waals surface area contributed by atoms with Crippen molar-refractivity contribution < 1.29 is 9.53 Å². The maximum atomic E-state index is 11.3. The van der Waals surface area contributed by atoms with Crippen LogP contribution in [0.15, 0.2) is 29.6 Å². The summed E-state index contributed by atoms with van der Waals surface area (Å²) >= 11 is 1.66. The maximum absolute atomic E-state index is 11.3. The molecule has 3 nitrogen and oxygen atoms in total. The molecule has 104 valence electrons. The van der Waals surface area contributed by atoms with Gasteiger partial charge in [-0.15, -0.1) is 11.3 Å². The zero-order valence-electron chi connectivity index (χ0n) is 11.5. The van der Waals surface area contributed by atoms with Crippen molar-refractivity contribution in [1.82, 2.24) is 4.98 Å². The third kappa shape index (κ3) is 2.75. The van der Waals surface area contributed by atoms with Gasteiger partial charge >= 0.3 is 5.97 Å². The Morgan fingerprint density at radius 3 is 3.00 bits per heavy atom. The highest BCUT2D eigenvalue weighted by Crippen LogP contribution is 2.34. The lowest BCUT2D eigenvalue weighted by molar-refractivity contribution is -0.139. The average Bonchev–Trinajstić information content (AvgIpc) is 2.95. The quantitative estimate of drug-likeness (QED) is 0.814. The Hall–Kier alpha value is -1.68. The third-order valence-electron chi connectivity index (χ3n) is 3.82. The number of rotatable bonds is 3. The second-order valence-electron chi connectivity index (χ2n) is 5.14. The zero-order valence-corrected chi connectivity index (χ0v) is 12.3. The van der Waals surface area contributed by atoms with E-state index in [0.29, 0.717) is 5.92 Å². The van der Waals surface area contributed by atoms with Crippen molar-refractivity contribution in [2.45, 2.75) is 31.6 Å². The van der Waals surface area contributed by atoms with E-state index in [4.69, 9.17) is 0 Å². The molecule has 1 aliphatic rings. The van der Waals surface area contributed by atoms with E-state index in [1.807, 2.05) is 5.38 Å². The number of hydrogen-bond donors (Lipinski definition) is 0. The van der Waals surface area contributed by atoms with Crippen LogP contribution in [0.25, 0.3) is 0 Å². The molecule has 0 bridgehead atoms. The highest BCUT2D eigenvalue weighted by atomic mass is 32.1. The first kappa shape index (κ1) is 13.3. The molecule has 0 fully saturated rings. The van der Waals surface area contributed by atoms with Crippen LogP contribution < -0.4 is 0 Å². The lowest BCUT2D eigenvalue weighted by Crippen LogP contribution is -2.12. The van der Waals surface area contributed by atoms with Crippen LogP contribution >= 0.6 is 11.3 Å². The number of hydrogen-bond acceptors (Lipinski definition) is 4. The van der Waals surface area contributed by atoms with Gasteiger partial charge in [0, 0.05) is 11.3 Å². The van der Waals surface area contributed by atoms with E-state index in [1.165, 1.54) is 18.2 Å². The van der Waals surface area contributed by atoms with Gasteiger partial charge in [0.15, 0.2) is 0 Å². The van der Waals surface area contributed by atoms with E-state index in [1.54, 1.807) is 11.3 Å². The van der Waals surface area contributed by atoms with E-state index in [2.05, 4.69) is 34.0 Å². The largest absolute Gasteiger partial charge is 0.469 e. The molecule has 1 atom stereocenters. The first-order valence-electron chi connectivity index (χ1n) is 6.84. The third-order valence-corrected chi connectivity index (χ3v) is 4.87. The summed E-state index contributed by atoms with van der Waals surface area (Å²) in [6.07, 6.45) is 3.59. The molecule has 2 aromatic rings. The van der Waals surface area contributed by atoms with E-state index in [-0.39, 0.29) is 12.4 Å². The molecule has 0 spiro atoms. The predicted molar refractivity (Wildman–Crippen MR) is 79.0 cm³/mol. The normalized spacial score (nSPS) is 17.6. The lowest BCUT2D eigenvalue weighted by atomic mass is 9.84. The van der Waals surface area contributed by atoms with Gasteiger partial charge in [0.2, 0.25) is 0 Å². The number of aromatic nitrogens is 1. The van der Waals surface area contributed by atoms with Crippen LogP contribution in [0, 0.1) is 0 Å². The van der Waals surface area contributed by atoms with Crippen LogP contribution in [0.5, 0.6) is 0 Å². The summed E-state index contributed by atoms with van der Waals surface area (Å²) in [4.78, 5) is 15.9. The second-order valence-corrected chi connectivity index (χ2v) is 6.03. The number of carbonyl (C=O) groups excluding carboxylic acids is 1. The molecule has 0 N–H and O–H groups in total. The number of carbonyl (C=O) groups is 1. The van der Waals surface area contributed by atoms with Crippen LogP contribution in [0.4, 0.5) is 0 Å². The molecule has 1 heterocycles. The molecule has 1 aliphatic carbocycles. The lowest BCUT2D eigenvalue weighted by Gasteiger charge is -2.22. The first-order chi connectivity index (χ1) is 9.76. The summed E-state index contributed by atoms with van der Waals surface area (Å²) in [5.41, 5.74) is 3.74. The highest BCUT2D eigenvalue weighted by Gasteiger charge is 2.22. The fraction of sp³-hybridized carbons (Fsp3) is 0.375. The fourth-order valence-corrected chi connectivity index (χ4v) is 3.68. The van der Waals surface area contributed by atoms with Crippen LogP contribution in [0.3, 0.4) is 0 Å². The molecule has 1 aromatic carbocycles. The summed E-state index contributed by atoms with van der Waals surface area (Å²) in [6.45, 7) is 0. The summed E-state index contributed by atoms with van der Waals surface area (Å²) in [7, 11) is 1.41. The smallest absolute Gasteiger partial charge is 0.311 e. The van der Waals surface area contributed by atoms with Gasteiger partial charge in [0.05, 0.1) is 24.2 Å². The van der Waals surface area contributed by atoms with E-state index in [0.717, 1.165) is 30.0 Å². The Balaban J connectivity index is 1.73. The van der Waals surface area contributed by atoms with Crippen molar-refractivity contribution in [3.63, 3.8) is 0 Å². The van der Waals surface area contributed by atoms with Crippen molar-refractivity contribution in [3.8, 4) is 0 Å². The number of esters is 1. The van der Waals surface area contributed by atoms with Gasteiger partial charge in [-0.05, 0) is 30.4 Å². The summed E-state index contributed by atoms with van der Waals surface area (Å²) in [6, 6.07) is 8.64. The minimum Gasteiger partial charge on any atom is -0.469 e. The molecule has 3 rings (SSSR count). The number of aryl methyl sites for hydroxylation is 1. The second kappa shape index (κ2) is 5.75. The van der Waals surface area contributed by atoms with Crippen LogP contribution in [0.2, 0.25) is 0 Å². The standard InChI is InChI=1S/C16H17NO2S/c1-19-15(18)9-14-10-20-16(17-14)13-7-6-11-4-2-3-5-12(11)8-13/h2-5,10,13H,6-9H2,1H3. The average molecular weight is 287 g/mol. The van der Waals surface area contributed by atoms with Gasteiger partial charge in [0.1, 0.15) is 0 Å². The number of benzene rings is 1. The van der Waals surface area contributed by atoms with Gasteiger partial charge in [0.25, 0.3) is 0 Å². The highest BCUT2D eigenvalue weighted by molar-refractivity contribution is 7.09. The Kier molecular flexibility index (Phi) is 3.83. The SMILES string of the molecule is COC(=O)Cc1csc(C2CCc3ccccc3C2)n1. The maximum Gasteiger partial charge on any atom is 0.311 e. The number of methoxy groups -OCH3 is 1. The van der Waals surface area contributed by atoms with E-state index < -0.39 is 0 Å². The summed E-state index contributed by atoms with van der Waals surface area (Å²) in [5.74, 6) is 0.261. The molecular weight excluding hydrogens is 270 g/mol. The van der Waals surface area contributed by atoms with Gasteiger partial charge < -0.3 is 4.74 Å². The van der Waals surface area contributed by atoms with E-state index >= 15 is 0 Å². The zero-order chi connectivity index (χ0) is 13.9. The van der Waals surface area contributed by atoms with Crippen LogP contribution in [-0.4, -0.2) is 18.1 Å². The molecule has 0 saturated heterocycles.